The Labute approximate surface area is 120 Å². The third kappa shape index (κ3) is 4.44. The van der Waals surface area contributed by atoms with Crippen LogP contribution in [0.25, 0.3) is 0 Å². The van der Waals surface area contributed by atoms with Gasteiger partial charge in [0.2, 0.25) is 0 Å². The average molecular weight is 270 g/mol. The number of nitrogens with one attached hydrogen (secondary N) is 1. The minimum atomic E-state index is 0.419. The molecule has 0 heterocycles. The van der Waals surface area contributed by atoms with Crippen molar-refractivity contribution in [2.45, 2.75) is 65.1 Å². The quantitative estimate of drug-likeness (QED) is 0.831. The molecule has 19 heavy (non-hydrogen) atoms. The molecule has 1 fully saturated rings. The maximum absolute atomic E-state index is 5.32. The first-order valence-electron chi connectivity index (χ1n) is 7.69. The maximum atomic E-state index is 5.32. The molecule has 0 spiro atoms. The normalized spacial score (nSPS) is 30.6. The van der Waals surface area contributed by atoms with Gasteiger partial charge in [0.25, 0.3) is 0 Å². The molecule has 1 saturated carbocycles. The molecule has 1 rings (SSSR count). The molecule has 1 aliphatic rings. The Morgan fingerprint density at radius 2 is 1.95 bits per heavy atom. The van der Waals surface area contributed by atoms with Crippen LogP contribution in [0, 0.1) is 11.3 Å². The zero-order valence-electron chi connectivity index (χ0n) is 14.0. The van der Waals surface area contributed by atoms with E-state index in [-0.39, 0.29) is 0 Å². The van der Waals surface area contributed by atoms with Crippen LogP contribution in [0.2, 0.25) is 0 Å². The number of hydrogen-bond donors (Lipinski definition) is 1. The monoisotopic (exact) mass is 270 g/mol. The summed E-state index contributed by atoms with van der Waals surface area (Å²) in [5.74, 6) is 0.819. The van der Waals surface area contributed by atoms with Crippen LogP contribution in [-0.4, -0.2) is 50.8 Å². The lowest BCUT2D eigenvalue weighted by Gasteiger charge is -2.46. The Morgan fingerprint density at radius 3 is 2.42 bits per heavy atom. The van der Waals surface area contributed by atoms with E-state index in [4.69, 9.17) is 4.74 Å². The molecule has 1 N–H and O–H groups in total. The third-order valence-corrected chi connectivity index (χ3v) is 5.04. The van der Waals surface area contributed by atoms with Gasteiger partial charge in [-0.1, -0.05) is 20.8 Å². The van der Waals surface area contributed by atoms with Crippen LogP contribution in [-0.2, 0) is 4.74 Å². The first-order valence-corrected chi connectivity index (χ1v) is 7.69. The first kappa shape index (κ1) is 16.9. The van der Waals surface area contributed by atoms with Crippen LogP contribution in [0.3, 0.4) is 0 Å². The van der Waals surface area contributed by atoms with Crippen molar-refractivity contribution in [1.29, 1.82) is 0 Å². The van der Waals surface area contributed by atoms with E-state index in [2.05, 4.69) is 52.0 Å². The highest BCUT2D eigenvalue weighted by Crippen LogP contribution is 2.39. The lowest BCUT2D eigenvalue weighted by molar-refractivity contribution is 0.0300. The second-order valence-electron chi connectivity index (χ2n) is 7.31. The Bertz CT molecular complexity index is 262. The van der Waals surface area contributed by atoms with Crippen LogP contribution in [0.1, 0.15) is 47.0 Å². The predicted octanol–water partition coefficient (Wildman–Crippen LogP) is 2.76. The molecule has 0 aromatic heterocycles. The number of ether oxygens (including phenoxy) is 1. The van der Waals surface area contributed by atoms with E-state index in [9.17, 15) is 0 Å². The highest BCUT2D eigenvalue weighted by atomic mass is 16.5. The van der Waals surface area contributed by atoms with Gasteiger partial charge in [-0.25, -0.2) is 0 Å². The highest BCUT2D eigenvalue weighted by Gasteiger charge is 2.37. The van der Waals surface area contributed by atoms with Gasteiger partial charge in [0.15, 0.2) is 0 Å². The van der Waals surface area contributed by atoms with Gasteiger partial charge in [0, 0.05) is 25.2 Å². The van der Waals surface area contributed by atoms with Crippen LogP contribution in [0.15, 0.2) is 0 Å². The van der Waals surface area contributed by atoms with Gasteiger partial charge in [-0.15, -0.1) is 0 Å². The molecule has 3 heteroatoms. The van der Waals surface area contributed by atoms with E-state index in [0.29, 0.717) is 23.5 Å². The Balaban J connectivity index is 2.74. The molecule has 3 nitrogen and oxygen atoms in total. The van der Waals surface area contributed by atoms with Gasteiger partial charge >= 0.3 is 0 Å². The molecule has 0 aromatic carbocycles. The van der Waals surface area contributed by atoms with Crippen molar-refractivity contribution in [1.82, 2.24) is 10.2 Å². The van der Waals surface area contributed by atoms with E-state index in [1.165, 1.54) is 19.3 Å². The van der Waals surface area contributed by atoms with Gasteiger partial charge in [-0.3, -0.25) is 4.90 Å². The van der Waals surface area contributed by atoms with Crippen molar-refractivity contribution in [2.75, 3.05) is 27.8 Å². The molecule has 1 aliphatic carbocycles. The molecular weight excluding hydrogens is 236 g/mol. The van der Waals surface area contributed by atoms with Crippen LogP contribution in [0.5, 0.6) is 0 Å². The van der Waals surface area contributed by atoms with Crippen molar-refractivity contribution in [2.24, 2.45) is 11.3 Å². The lowest BCUT2D eigenvalue weighted by Crippen LogP contribution is -2.55. The molecule has 0 radical (unpaired) electrons. The summed E-state index contributed by atoms with van der Waals surface area (Å²) < 4.78 is 5.32. The molecule has 114 valence electrons. The van der Waals surface area contributed by atoms with Gasteiger partial charge in [-0.05, 0) is 51.6 Å². The Kier molecular flexibility index (Phi) is 6.28. The first-order chi connectivity index (χ1) is 8.81. The van der Waals surface area contributed by atoms with Gasteiger partial charge in [-0.2, -0.15) is 0 Å². The van der Waals surface area contributed by atoms with Crippen LogP contribution >= 0.6 is 0 Å². The summed E-state index contributed by atoms with van der Waals surface area (Å²) in [6, 6.07) is 1.71. The Hall–Kier alpha value is -0.120. The highest BCUT2D eigenvalue weighted by molar-refractivity contribution is 4.94. The van der Waals surface area contributed by atoms with Crippen molar-refractivity contribution in [3.8, 4) is 0 Å². The van der Waals surface area contributed by atoms with Crippen molar-refractivity contribution >= 4 is 0 Å². The molecule has 0 aromatic rings. The summed E-state index contributed by atoms with van der Waals surface area (Å²) >= 11 is 0. The van der Waals surface area contributed by atoms with Crippen molar-refractivity contribution < 1.29 is 4.74 Å². The summed E-state index contributed by atoms with van der Waals surface area (Å²) in [5, 5.41) is 3.52. The molecule has 4 atom stereocenters. The van der Waals surface area contributed by atoms with E-state index in [0.717, 1.165) is 12.5 Å². The zero-order chi connectivity index (χ0) is 14.6. The number of methoxy groups -OCH3 is 1. The SMILES string of the molecule is CNC1CCC(C(C)(C)C)CC1N(C)C(C)COC. The summed E-state index contributed by atoms with van der Waals surface area (Å²) in [7, 11) is 6.15. The molecule has 0 aliphatic heterocycles. The summed E-state index contributed by atoms with van der Waals surface area (Å²) in [4.78, 5) is 2.52. The second-order valence-corrected chi connectivity index (χ2v) is 7.31. The lowest BCUT2D eigenvalue weighted by atomic mass is 9.69. The standard InChI is InChI=1S/C16H34N2O/c1-12(11-19-7)18(6)15-10-13(16(2,3)4)8-9-14(15)17-5/h12-15,17H,8-11H2,1-7H3. The summed E-state index contributed by atoms with van der Waals surface area (Å²) in [5.41, 5.74) is 0.419. The smallest absolute Gasteiger partial charge is 0.0615 e. The summed E-state index contributed by atoms with van der Waals surface area (Å²) in [6.07, 6.45) is 3.92. The van der Waals surface area contributed by atoms with Gasteiger partial charge in [0.05, 0.1) is 6.61 Å². The average Bonchev–Trinajstić information content (AvgIpc) is 2.36. The minimum absolute atomic E-state index is 0.419. The number of hydrogen-bond acceptors (Lipinski definition) is 3. The number of likely N-dealkylation sites (N-methyl/N-ethyl adjacent to an activating group) is 2. The molecular formula is C16H34N2O. The van der Waals surface area contributed by atoms with Gasteiger partial charge < -0.3 is 10.1 Å². The van der Waals surface area contributed by atoms with Crippen molar-refractivity contribution in [3.63, 3.8) is 0 Å². The minimum Gasteiger partial charge on any atom is -0.383 e. The zero-order valence-corrected chi connectivity index (χ0v) is 14.0. The van der Waals surface area contributed by atoms with E-state index < -0.39 is 0 Å². The van der Waals surface area contributed by atoms with E-state index in [1.807, 2.05) is 0 Å². The predicted molar refractivity (Wildman–Crippen MR) is 82.5 cm³/mol. The fourth-order valence-electron chi connectivity index (χ4n) is 3.41. The molecule has 0 amide bonds. The summed E-state index contributed by atoms with van der Waals surface area (Å²) in [6.45, 7) is 10.2. The Morgan fingerprint density at radius 1 is 1.32 bits per heavy atom. The fraction of sp³-hybridized carbons (Fsp3) is 1.00. The number of rotatable bonds is 5. The van der Waals surface area contributed by atoms with Crippen LogP contribution < -0.4 is 5.32 Å². The maximum Gasteiger partial charge on any atom is 0.0615 e. The largest absolute Gasteiger partial charge is 0.383 e. The molecule has 0 bridgehead atoms. The van der Waals surface area contributed by atoms with Crippen molar-refractivity contribution in [3.05, 3.63) is 0 Å². The second kappa shape index (κ2) is 7.05. The van der Waals surface area contributed by atoms with E-state index >= 15 is 0 Å². The molecule has 4 unspecified atom stereocenters. The third-order valence-electron chi connectivity index (χ3n) is 5.04. The number of nitrogens with zero attached hydrogens (tertiary/aromatic N) is 1. The van der Waals surface area contributed by atoms with Gasteiger partial charge in [0.1, 0.15) is 0 Å². The van der Waals surface area contributed by atoms with E-state index in [1.54, 1.807) is 7.11 Å². The molecule has 0 saturated heterocycles. The van der Waals surface area contributed by atoms with Crippen LogP contribution in [0.4, 0.5) is 0 Å². The fourth-order valence-corrected chi connectivity index (χ4v) is 3.41. The topological polar surface area (TPSA) is 24.5 Å².